The van der Waals surface area contributed by atoms with Gasteiger partial charge in [-0.05, 0) is 73.8 Å². The number of amides is 1. The number of para-hydroxylation sites is 1. The molecule has 1 N–H and O–H groups in total. The summed E-state index contributed by atoms with van der Waals surface area (Å²) in [7, 11) is 0. The van der Waals surface area contributed by atoms with Gasteiger partial charge in [0.2, 0.25) is 0 Å². The van der Waals surface area contributed by atoms with Crippen molar-refractivity contribution in [1.29, 1.82) is 0 Å². The third-order valence-electron chi connectivity index (χ3n) is 6.49. The number of nitrogens with one attached hydrogen (secondary N) is 1. The largest absolute Gasteiger partial charge is 0.349 e. The fourth-order valence-electron chi connectivity index (χ4n) is 5.13. The number of rotatable bonds is 3. The molecule has 3 aromatic rings. The first-order chi connectivity index (χ1) is 14.2. The Morgan fingerprint density at radius 2 is 1.80 bits per heavy atom. The van der Waals surface area contributed by atoms with E-state index in [0.717, 1.165) is 35.0 Å². The van der Waals surface area contributed by atoms with E-state index in [1.807, 2.05) is 30.3 Å². The lowest BCUT2D eigenvalue weighted by Gasteiger charge is -2.39. The lowest BCUT2D eigenvalue weighted by atomic mass is 9.70. The number of nitrogens with zero attached hydrogens (tertiary/aromatic N) is 1. The third-order valence-corrected chi connectivity index (χ3v) is 6.49. The van der Waals surface area contributed by atoms with E-state index in [2.05, 4.69) is 58.1 Å². The van der Waals surface area contributed by atoms with Crippen LogP contribution in [0.15, 0.2) is 48.5 Å². The minimum Gasteiger partial charge on any atom is -0.349 e. The zero-order chi connectivity index (χ0) is 21.5. The van der Waals surface area contributed by atoms with Crippen LogP contribution in [-0.4, -0.2) is 16.9 Å². The van der Waals surface area contributed by atoms with Gasteiger partial charge < -0.3 is 5.32 Å². The molecule has 30 heavy (non-hydrogen) atoms. The maximum atomic E-state index is 13.4. The van der Waals surface area contributed by atoms with E-state index in [-0.39, 0.29) is 17.4 Å². The van der Waals surface area contributed by atoms with Crippen LogP contribution in [0.25, 0.3) is 22.2 Å². The van der Waals surface area contributed by atoms with Crippen LogP contribution in [0.3, 0.4) is 0 Å². The first-order valence-electron chi connectivity index (χ1n) is 11.0. The molecule has 1 fully saturated rings. The number of aryl methyl sites for hydroxylation is 2. The monoisotopic (exact) mass is 400 g/mol. The van der Waals surface area contributed by atoms with Gasteiger partial charge in [-0.25, -0.2) is 4.98 Å². The molecule has 156 valence electrons. The number of hydrogen-bond acceptors (Lipinski definition) is 2. The molecule has 0 aliphatic heterocycles. The van der Waals surface area contributed by atoms with Gasteiger partial charge in [0.05, 0.1) is 16.8 Å². The van der Waals surface area contributed by atoms with Crippen LogP contribution in [0.5, 0.6) is 0 Å². The molecule has 1 aliphatic rings. The molecule has 0 saturated heterocycles. The van der Waals surface area contributed by atoms with Gasteiger partial charge in [0, 0.05) is 17.0 Å². The molecule has 2 aromatic carbocycles. The van der Waals surface area contributed by atoms with E-state index >= 15 is 0 Å². The van der Waals surface area contributed by atoms with Gasteiger partial charge in [-0.1, -0.05) is 51.1 Å². The molecule has 1 aliphatic carbocycles. The maximum absolute atomic E-state index is 13.4. The summed E-state index contributed by atoms with van der Waals surface area (Å²) in [5.41, 5.74) is 6.21. The van der Waals surface area contributed by atoms with E-state index in [1.54, 1.807) is 0 Å². The van der Waals surface area contributed by atoms with Crippen LogP contribution in [0.1, 0.15) is 61.5 Å². The molecule has 4 rings (SSSR count). The first kappa shape index (κ1) is 20.6. The van der Waals surface area contributed by atoms with Crippen LogP contribution in [-0.2, 0) is 0 Å². The predicted molar refractivity (Wildman–Crippen MR) is 125 cm³/mol. The molecule has 0 unspecified atom stereocenters. The SMILES string of the molecule is Cc1ccc(-c2cc(C(=O)N[C@@H]3C[C@H](C)CC(C)(C)C3)c3ccccc3n2)cc1C. The lowest BCUT2D eigenvalue weighted by Crippen LogP contribution is -2.43. The molecule has 1 saturated carbocycles. The number of pyridine rings is 1. The fourth-order valence-corrected chi connectivity index (χ4v) is 5.13. The smallest absolute Gasteiger partial charge is 0.252 e. The summed E-state index contributed by atoms with van der Waals surface area (Å²) in [6.07, 6.45) is 3.28. The summed E-state index contributed by atoms with van der Waals surface area (Å²) in [6, 6.07) is 16.5. The standard InChI is InChI=1S/C27H32N2O/c1-17-12-21(16-27(4,5)15-17)28-26(30)23-14-25(20-11-10-18(2)19(3)13-20)29-24-9-7-6-8-22(23)24/h6-11,13-14,17,21H,12,15-16H2,1-5H3,(H,28,30)/t17-,21+/m0/s1. The highest BCUT2D eigenvalue weighted by Crippen LogP contribution is 2.38. The van der Waals surface area contributed by atoms with Gasteiger partial charge in [-0.15, -0.1) is 0 Å². The van der Waals surface area contributed by atoms with Gasteiger partial charge in [0.1, 0.15) is 0 Å². The second kappa shape index (κ2) is 7.86. The molecule has 0 bridgehead atoms. The van der Waals surface area contributed by atoms with E-state index in [0.29, 0.717) is 11.5 Å². The van der Waals surface area contributed by atoms with Crippen LogP contribution in [0.2, 0.25) is 0 Å². The van der Waals surface area contributed by atoms with Gasteiger partial charge in [-0.3, -0.25) is 4.79 Å². The average Bonchev–Trinajstić information content (AvgIpc) is 2.67. The summed E-state index contributed by atoms with van der Waals surface area (Å²) in [4.78, 5) is 18.3. The van der Waals surface area contributed by atoms with Crippen LogP contribution in [0, 0.1) is 25.2 Å². The molecule has 0 spiro atoms. The van der Waals surface area contributed by atoms with Crippen molar-refractivity contribution in [1.82, 2.24) is 10.3 Å². The molecule has 1 amide bonds. The molecule has 1 heterocycles. The summed E-state index contributed by atoms with van der Waals surface area (Å²) in [5.74, 6) is 0.632. The summed E-state index contributed by atoms with van der Waals surface area (Å²) in [6.45, 7) is 11.1. The normalized spacial score (nSPS) is 20.8. The summed E-state index contributed by atoms with van der Waals surface area (Å²) in [5, 5.41) is 4.25. The Morgan fingerprint density at radius 3 is 2.53 bits per heavy atom. The van der Waals surface area contributed by atoms with Crippen molar-refractivity contribution < 1.29 is 4.79 Å². The Balaban J connectivity index is 1.72. The molecular formula is C27H32N2O. The number of hydrogen-bond donors (Lipinski definition) is 1. The van der Waals surface area contributed by atoms with Crippen molar-refractivity contribution in [3.8, 4) is 11.3 Å². The number of benzene rings is 2. The van der Waals surface area contributed by atoms with Crippen molar-refractivity contribution in [2.24, 2.45) is 11.3 Å². The Kier molecular flexibility index (Phi) is 5.40. The van der Waals surface area contributed by atoms with Crippen LogP contribution >= 0.6 is 0 Å². The molecule has 3 heteroatoms. The fraction of sp³-hybridized carbons (Fsp3) is 0.407. The highest BCUT2D eigenvalue weighted by atomic mass is 16.1. The molecule has 0 radical (unpaired) electrons. The van der Waals surface area contributed by atoms with Gasteiger partial charge >= 0.3 is 0 Å². The highest BCUT2D eigenvalue weighted by Gasteiger charge is 2.33. The van der Waals surface area contributed by atoms with Crippen LogP contribution < -0.4 is 5.32 Å². The molecule has 3 nitrogen and oxygen atoms in total. The number of aromatic nitrogens is 1. The van der Waals surface area contributed by atoms with E-state index < -0.39 is 0 Å². The third kappa shape index (κ3) is 4.26. The highest BCUT2D eigenvalue weighted by molar-refractivity contribution is 6.07. The Bertz CT molecular complexity index is 1100. The van der Waals surface area contributed by atoms with Crippen molar-refractivity contribution in [2.45, 2.75) is 59.9 Å². The lowest BCUT2D eigenvalue weighted by molar-refractivity contribution is 0.0876. The average molecular weight is 401 g/mol. The van der Waals surface area contributed by atoms with E-state index in [9.17, 15) is 4.79 Å². The Morgan fingerprint density at radius 1 is 1.03 bits per heavy atom. The summed E-state index contributed by atoms with van der Waals surface area (Å²) >= 11 is 0. The zero-order valence-electron chi connectivity index (χ0n) is 18.8. The van der Waals surface area contributed by atoms with Crippen molar-refractivity contribution in [2.75, 3.05) is 0 Å². The van der Waals surface area contributed by atoms with E-state index in [1.165, 1.54) is 17.5 Å². The minimum absolute atomic E-state index is 0.00795. The second-order valence-electron chi connectivity index (χ2n) is 9.95. The van der Waals surface area contributed by atoms with Crippen molar-refractivity contribution in [3.63, 3.8) is 0 Å². The Hall–Kier alpha value is -2.68. The number of fused-ring (bicyclic) bond motifs is 1. The number of carbonyl (C=O) groups is 1. The Labute approximate surface area is 179 Å². The van der Waals surface area contributed by atoms with Crippen LogP contribution in [0.4, 0.5) is 0 Å². The quantitative estimate of drug-likeness (QED) is 0.548. The first-order valence-corrected chi connectivity index (χ1v) is 11.0. The van der Waals surface area contributed by atoms with Gasteiger partial charge in [0.15, 0.2) is 0 Å². The molecular weight excluding hydrogens is 368 g/mol. The molecule has 1 aromatic heterocycles. The van der Waals surface area contributed by atoms with Crippen molar-refractivity contribution >= 4 is 16.8 Å². The van der Waals surface area contributed by atoms with Crippen molar-refractivity contribution in [3.05, 3.63) is 65.2 Å². The minimum atomic E-state index is 0.00795. The topological polar surface area (TPSA) is 42.0 Å². The zero-order valence-corrected chi connectivity index (χ0v) is 18.8. The second-order valence-corrected chi connectivity index (χ2v) is 9.95. The van der Waals surface area contributed by atoms with E-state index in [4.69, 9.17) is 4.98 Å². The van der Waals surface area contributed by atoms with Gasteiger partial charge in [-0.2, -0.15) is 0 Å². The number of carbonyl (C=O) groups excluding carboxylic acids is 1. The summed E-state index contributed by atoms with van der Waals surface area (Å²) < 4.78 is 0. The maximum Gasteiger partial charge on any atom is 0.252 e. The van der Waals surface area contributed by atoms with Gasteiger partial charge in [0.25, 0.3) is 5.91 Å². The molecule has 2 atom stereocenters. The predicted octanol–water partition coefficient (Wildman–Crippen LogP) is 6.46.